The summed E-state index contributed by atoms with van der Waals surface area (Å²) in [7, 11) is 0. The van der Waals surface area contributed by atoms with Gasteiger partial charge in [-0.15, -0.1) is 0 Å². The molecule has 0 saturated carbocycles. The highest BCUT2D eigenvalue weighted by atomic mass is 16.5. The molecule has 4 heteroatoms. The number of benzene rings is 1. The molecule has 0 bridgehead atoms. The lowest BCUT2D eigenvalue weighted by Gasteiger charge is -2.01. The predicted molar refractivity (Wildman–Crippen MR) is 72.7 cm³/mol. The van der Waals surface area contributed by atoms with Gasteiger partial charge in [0.05, 0.1) is 5.69 Å². The van der Waals surface area contributed by atoms with Crippen LogP contribution in [0.2, 0.25) is 0 Å². The third kappa shape index (κ3) is 2.39. The molecular weight excluding hydrogens is 240 g/mol. The van der Waals surface area contributed by atoms with Crippen LogP contribution in [0.25, 0.3) is 11.0 Å². The van der Waals surface area contributed by atoms with Gasteiger partial charge in [-0.1, -0.05) is 23.4 Å². The molecule has 3 aromatic rings. The molecule has 0 aliphatic carbocycles. The van der Waals surface area contributed by atoms with Crippen LogP contribution in [-0.2, 0) is 13.1 Å². The Hall–Kier alpha value is -2.07. The molecule has 3 rings (SSSR count). The van der Waals surface area contributed by atoms with Gasteiger partial charge < -0.3 is 14.3 Å². The van der Waals surface area contributed by atoms with Crippen LogP contribution in [0.4, 0.5) is 0 Å². The largest absolute Gasteiger partial charge is 0.461 e. The Kier molecular flexibility index (Phi) is 3.09. The number of aryl methyl sites for hydroxylation is 2. The number of rotatable bonds is 4. The van der Waals surface area contributed by atoms with Crippen molar-refractivity contribution in [3.05, 3.63) is 53.1 Å². The normalized spacial score (nSPS) is 11.3. The van der Waals surface area contributed by atoms with Crippen molar-refractivity contribution in [2.75, 3.05) is 0 Å². The van der Waals surface area contributed by atoms with E-state index in [-0.39, 0.29) is 0 Å². The van der Waals surface area contributed by atoms with Gasteiger partial charge in [0.1, 0.15) is 17.1 Å². The lowest BCUT2D eigenvalue weighted by molar-refractivity contribution is 0.388. The first-order valence-corrected chi connectivity index (χ1v) is 6.34. The van der Waals surface area contributed by atoms with Crippen LogP contribution in [-0.4, -0.2) is 5.16 Å². The predicted octanol–water partition coefficient (Wildman–Crippen LogP) is 3.33. The van der Waals surface area contributed by atoms with Gasteiger partial charge in [0.25, 0.3) is 0 Å². The van der Waals surface area contributed by atoms with Crippen molar-refractivity contribution in [1.29, 1.82) is 0 Å². The summed E-state index contributed by atoms with van der Waals surface area (Å²) in [5.41, 5.74) is 3.06. The number of hydrogen-bond donors (Lipinski definition) is 1. The van der Waals surface area contributed by atoms with E-state index in [1.54, 1.807) is 0 Å². The maximum absolute atomic E-state index is 5.73. The number of para-hydroxylation sites is 1. The molecule has 0 amide bonds. The second-order valence-corrected chi connectivity index (χ2v) is 4.67. The summed E-state index contributed by atoms with van der Waals surface area (Å²) in [5, 5.41) is 8.50. The average Bonchev–Trinajstić information content (AvgIpc) is 2.94. The fourth-order valence-electron chi connectivity index (χ4n) is 2.26. The molecule has 0 fully saturated rings. The summed E-state index contributed by atoms with van der Waals surface area (Å²) in [5.74, 6) is 1.80. The van der Waals surface area contributed by atoms with Crippen molar-refractivity contribution in [1.82, 2.24) is 10.5 Å². The van der Waals surface area contributed by atoms with E-state index < -0.39 is 0 Å². The second-order valence-electron chi connectivity index (χ2n) is 4.67. The second kappa shape index (κ2) is 4.90. The number of aromatic nitrogens is 1. The van der Waals surface area contributed by atoms with Gasteiger partial charge in [0.2, 0.25) is 0 Å². The zero-order valence-electron chi connectivity index (χ0n) is 11.1. The minimum atomic E-state index is 0.691. The zero-order chi connectivity index (χ0) is 13.2. The van der Waals surface area contributed by atoms with Crippen LogP contribution in [0.3, 0.4) is 0 Å². The zero-order valence-corrected chi connectivity index (χ0v) is 11.1. The maximum atomic E-state index is 5.73. The van der Waals surface area contributed by atoms with Crippen LogP contribution in [0.5, 0.6) is 0 Å². The fraction of sp³-hybridized carbons (Fsp3) is 0.267. The first kappa shape index (κ1) is 12.0. The lowest BCUT2D eigenvalue weighted by Crippen LogP contribution is -2.13. The molecule has 0 saturated heterocycles. The highest BCUT2D eigenvalue weighted by Gasteiger charge is 2.10. The van der Waals surface area contributed by atoms with Crippen LogP contribution >= 0.6 is 0 Å². The molecule has 0 atom stereocenters. The summed E-state index contributed by atoms with van der Waals surface area (Å²) in [4.78, 5) is 0. The van der Waals surface area contributed by atoms with E-state index in [0.29, 0.717) is 6.54 Å². The third-order valence-corrected chi connectivity index (χ3v) is 3.18. The molecule has 19 heavy (non-hydrogen) atoms. The molecule has 1 N–H and O–H groups in total. The Balaban J connectivity index is 1.73. The van der Waals surface area contributed by atoms with Gasteiger partial charge >= 0.3 is 0 Å². The van der Waals surface area contributed by atoms with Crippen molar-refractivity contribution < 1.29 is 8.94 Å². The van der Waals surface area contributed by atoms with Crippen LogP contribution in [0, 0.1) is 13.8 Å². The Morgan fingerprint density at radius 2 is 2.00 bits per heavy atom. The Morgan fingerprint density at radius 1 is 1.16 bits per heavy atom. The molecule has 1 aromatic carbocycles. The molecule has 0 radical (unpaired) electrons. The summed E-state index contributed by atoms with van der Waals surface area (Å²) < 4.78 is 10.8. The van der Waals surface area contributed by atoms with E-state index >= 15 is 0 Å². The highest BCUT2D eigenvalue weighted by Crippen LogP contribution is 2.24. The number of fused-ring (bicyclic) bond motifs is 1. The summed E-state index contributed by atoms with van der Waals surface area (Å²) in [6.07, 6.45) is 0. The van der Waals surface area contributed by atoms with E-state index in [9.17, 15) is 0 Å². The van der Waals surface area contributed by atoms with Gasteiger partial charge in [-0.05, 0) is 19.9 Å². The summed E-state index contributed by atoms with van der Waals surface area (Å²) >= 11 is 0. The van der Waals surface area contributed by atoms with E-state index in [2.05, 4.69) is 16.5 Å². The first-order valence-electron chi connectivity index (χ1n) is 6.34. The van der Waals surface area contributed by atoms with Gasteiger partial charge in [0, 0.05) is 30.1 Å². The van der Waals surface area contributed by atoms with Crippen LogP contribution < -0.4 is 5.32 Å². The van der Waals surface area contributed by atoms with Crippen molar-refractivity contribution in [3.63, 3.8) is 0 Å². The standard InChI is InChI=1S/C15H16N2O2/c1-10-7-12(17-19-10)8-16-9-14-11(2)18-15-6-4-3-5-13(14)15/h3-7,16H,8-9H2,1-2H3. The summed E-state index contributed by atoms with van der Waals surface area (Å²) in [6.45, 7) is 5.34. The topological polar surface area (TPSA) is 51.2 Å². The Morgan fingerprint density at radius 3 is 2.79 bits per heavy atom. The van der Waals surface area contributed by atoms with Gasteiger partial charge in [-0.2, -0.15) is 0 Å². The molecular formula is C15H16N2O2. The lowest BCUT2D eigenvalue weighted by atomic mass is 10.1. The van der Waals surface area contributed by atoms with Gasteiger partial charge in [0.15, 0.2) is 0 Å². The quantitative estimate of drug-likeness (QED) is 0.778. The monoisotopic (exact) mass is 256 g/mol. The molecule has 2 aromatic heterocycles. The molecule has 0 aliphatic heterocycles. The van der Waals surface area contributed by atoms with E-state index in [1.807, 2.05) is 38.1 Å². The minimum absolute atomic E-state index is 0.691. The fourth-order valence-corrected chi connectivity index (χ4v) is 2.26. The molecule has 0 aliphatic rings. The maximum Gasteiger partial charge on any atom is 0.134 e. The Bertz CT molecular complexity index is 697. The van der Waals surface area contributed by atoms with Crippen molar-refractivity contribution in [3.8, 4) is 0 Å². The molecule has 0 unspecified atom stereocenters. The van der Waals surface area contributed by atoms with Crippen molar-refractivity contribution in [2.24, 2.45) is 0 Å². The first-order chi connectivity index (χ1) is 9.24. The third-order valence-electron chi connectivity index (χ3n) is 3.18. The van der Waals surface area contributed by atoms with Crippen molar-refractivity contribution >= 4 is 11.0 Å². The highest BCUT2D eigenvalue weighted by molar-refractivity contribution is 5.82. The van der Waals surface area contributed by atoms with Gasteiger partial charge in [-0.25, -0.2) is 0 Å². The Labute approximate surface area is 111 Å². The minimum Gasteiger partial charge on any atom is -0.461 e. The molecule has 4 nitrogen and oxygen atoms in total. The van der Waals surface area contributed by atoms with Crippen LogP contribution in [0.15, 0.2) is 39.3 Å². The smallest absolute Gasteiger partial charge is 0.134 e. The number of hydrogen-bond acceptors (Lipinski definition) is 4. The average molecular weight is 256 g/mol. The van der Waals surface area contributed by atoms with E-state index in [1.165, 1.54) is 10.9 Å². The molecule has 2 heterocycles. The van der Waals surface area contributed by atoms with Gasteiger partial charge in [-0.3, -0.25) is 0 Å². The van der Waals surface area contributed by atoms with Crippen LogP contribution in [0.1, 0.15) is 22.8 Å². The SMILES string of the molecule is Cc1cc(CNCc2c(C)oc3ccccc23)no1. The molecule has 0 spiro atoms. The van der Waals surface area contributed by atoms with E-state index in [0.717, 1.165) is 29.3 Å². The number of furan rings is 1. The number of nitrogens with zero attached hydrogens (tertiary/aromatic N) is 1. The summed E-state index contributed by atoms with van der Waals surface area (Å²) in [6, 6.07) is 10.0. The number of nitrogens with one attached hydrogen (secondary N) is 1. The van der Waals surface area contributed by atoms with Crippen molar-refractivity contribution in [2.45, 2.75) is 26.9 Å². The van der Waals surface area contributed by atoms with E-state index in [4.69, 9.17) is 8.94 Å². The molecule has 98 valence electrons.